The van der Waals surface area contributed by atoms with E-state index in [1.165, 1.54) is 0 Å². The van der Waals surface area contributed by atoms with Crippen LogP contribution >= 0.6 is 11.3 Å². The first kappa shape index (κ1) is 13.0. The second-order valence-corrected chi connectivity index (χ2v) is 4.72. The van der Waals surface area contributed by atoms with E-state index in [0.717, 1.165) is 35.9 Å². The molecule has 0 bridgehead atoms. The predicted octanol–water partition coefficient (Wildman–Crippen LogP) is 3.17. The van der Waals surface area contributed by atoms with Gasteiger partial charge in [0.25, 0.3) is 0 Å². The van der Waals surface area contributed by atoms with Crippen LogP contribution in [0.1, 0.15) is 19.0 Å². The maximum atomic E-state index is 5.14. The highest BCUT2D eigenvalue weighted by molar-refractivity contribution is 7.08. The summed E-state index contributed by atoms with van der Waals surface area (Å²) in [5.41, 5.74) is 1.95. The number of hydrogen-bond donors (Lipinski definition) is 1. The molecule has 96 valence electrons. The molecule has 0 amide bonds. The summed E-state index contributed by atoms with van der Waals surface area (Å²) in [5, 5.41) is 7.37. The molecule has 0 saturated carbocycles. The Kier molecular flexibility index (Phi) is 4.66. The zero-order valence-electron chi connectivity index (χ0n) is 10.6. The van der Waals surface area contributed by atoms with E-state index in [4.69, 9.17) is 4.74 Å². The smallest absolute Gasteiger partial charge is 0.162 e. The van der Waals surface area contributed by atoms with Gasteiger partial charge >= 0.3 is 0 Å². The van der Waals surface area contributed by atoms with Crippen LogP contribution in [0.5, 0.6) is 0 Å². The Labute approximate surface area is 111 Å². The number of anilines is 1. The Balaban J connectivity index is 2.30. The molecule has 0 fully saturated rings. The van der Waals surface area contributed by atoms with Crippen molar-refractivity contribution in [2.75, 3.05) is 19.0 Å². The molecule has 2 aromatic heterocycles. The molecule has 0 aliphatic rings. The highest BCUT2D eigenvalue weighted by Gasteiger charge is 2.07. The third kappa shape index (κ3) is 3.27. The van der Waals surface area contributed by atoms with E-state index in [0.29, 0.717) is 6.61 Å². The Morgan fingerprint density at radius 2 is 2.28 bits per heavy atom. The van der Waals surface area contributed by atoms with Crippen LogP contribution < -0.4 is 5.32 Å². The highest BCUT2D eigenvalue weighted by atomic mass is 32.1. The van der Waals surface area contributed by atoms with E-state index >= 15 is 0 Å². The lowest BCUT2D eigenvalue weighted by Crippen LogP contribution is -2.05. The quantitative estimate of drug-likeness (QED) is 0.869. The van der Waals surface area contributed by atoms with Gasteiger partial charge in [0.15, 0.2) is 5.82 Å². The fourth-order valence-electron chi connectivity index (χ4n) is 1.58. The second kappa shape index (κ2) is 6.47. The van der Waals surface area contributed by atoms with Gasteiger partial charge in [-0.05, 0) is 17.9 Å². The number of nitrogens with one attached hydrogen (secondary N) is 1. The summed E-state index contributed by atoms with van der Waals surface area (Å²) in [6.07, 6.45) is 1.07. The summed E-state index contributed by atoms with van der Waals surface area (Å²) in [6, 6.07) is 3.97. The van der Waals surface area contributed by atoms with E-state index in [9.17, 15) is 0 Å². The van der Waals surface area contributed by atoms with Crippen LogP contribution in [-0.4, -0.2) is 23.6 Å². The van der Waals surface area contributed by atoms with E-state index in [1.807, 2.05) is 17.5 Å². The summed E-state index contributed by atoms with van der Waals surface area (Å²) < 4.78 is 5.14. The van der Waals surface area contributed by atoms with Crippen molar-refractivity contribution >= 4 is 17.2 Å². The number of thiophene rings is 1. The van der Waals surface area contributed by atoms with Gasteiger partial charge in [-0.15, -0.1) is 0 Å². The van der Waals surface area contributed by atoms with Crippen LogP contribution in [0.25, 0.3) is 11.4 Å². The van der Waals surface area contributed by atoms with Crippen molar-refractivity contribution < 1.29 is 4.74 Å². The van der Waals surface area contributed by atoms with Crippen molar-refractivity contribution in [2.24, 2.45) is 0 Å². The molecule has 0 unspecified atom stereocenters. The minimum Gasteiger partial charge on any atom is -0.378 e. The fourth-order valence-corrected chi connectivity index (χ4v) is 2.22. The predicted molar refractivity (Wildman–Crippen MR) is 74.8 cm³/mol. The molecule has 0 aromatic carbocycles. The van der Waals surface area contributed by atoms with Gasteiger partial charge in [0.2, 0.25) is 0 Å². The molecule has 0 aliphatic carbocycles. The third-order valence-corrected chi connectivity index (χ3v) is 3.09. The van der Waals surface area contributed by atoms with Crippen LogP contribution in [0, 0.1) is 0 Å². The first-order valence-corrected chi connectivity index (χ1v) is 6.91. The molecule has 0 saturated heterocycles. The van der Waals surface area contributed by atoms with Crippen LogP contribution in [-0.2, 0) is 11.3 Å². The first-order valence-electron chi connectivity index (χ1n) is 5.97. The maximum absolute atomic E-state index is 5.14. The maximum Gasteiger partial charge on any atom is 0.162 e. The topological polar surface area (TPSA) is 47.0 Å². The molecular formula is C13H17N3OS. The lowest BCUT2D eigenvalue weighted by Gasteiger charge is -2.08. The molecule has 0 spiro atoms. The van der Waals surface area contributed by atoms with Crippen molar-refractivity contribution in [1.29, 1.82) is 0 Å². The fraction of sp³-hybridized carbons (Fsp3) is 0.385. The minimum atomic E-state index is 0.500. The van der Waals surface area contributed by atoms with Crippen molar-refractivity contribution in [3.63, 3.8) is 0 Å². The molecule has 1 N–H and O–H groups in total. The van der Waals surface area contributed by atoms with E-state index in [2.05, 4.69) is 27.6 Å². The standard InChI is InChI=1S/C13H17N3OS/c1-3-5-14-12-7-11(8-17-2)15-13(16-12)10-4-6-18-9-10/h4,6-7,9H,3,5,8H2,1-2H3,(H,14,15,16). The summed E-state index contributed by atoms with van der Waals surface area (Å²) in [6.45, 7) is 3.54. The molecule has 0 atom stereocenters. The number of aromatic nitrogens is 2. The van der Waals surface area contributed by atoms with Gasteiger partial charge in [0.1, 0.15) is 5.82 Å². The molecule has 2 rings (SSSR count). The van der Waals surface area contributed by atoms with Gasteiger partial charge in [-0.3, -0.25) is 0 Å². The second-order valence-electron chi connectivity index (χ2n) is 3.94. The van der Waals surface area contributed by atoms with Gasteiger partial charge in [0, 0.05) is 30.7 Å². The number of nitrogens with zero attached hydrogens (tertiary/aromatic N) is 2. The number of ether oxygens (including phenoxy) is 1. The van der Waals surface area contributed by atoms with Crippen LogP contribution in [0.4, 0.5) is 5.82 Å². The summed E-state index contributed by atoms with van der Waals surface area (Å²) in [5.74, 6) is 1.62. The van der Waals surface area contributed by atoms with Crippen molar-refractivity contribution in [2.45, 2.75) is 20.0 Å². The zero-order valence-corrected chi connectivity index (χ0v) is 11.5. The average molecular weight is 263 g/mol. The average Bonchev–Trinajstić information content (AvgIpc) is 2.90. The van der Waals surface area contributed by atoms with Gasteiger partial charge in [-0.2, -0.15) is 11.3 Å². The van der Waals surface area contributed by atoms with E-state index < -0.39 is 0 Å². The summed E-state index contributed by atoms with van der Waals surface area (Å²) in [4.78, 5) is 9.03. The normalized spacial score (nSPS) is 10.6. The molecule has 0 aliphatic heterocycles. The Bertz CT molecular complexity index is 485. The van der Waals surface area contributed by atoms with Gasteiger partial charge in [0.05, 0.1) is 12.3 Å². The van der Waals surface area contributed by atoms with Gasteiger partial charge in [-0.25, -0.2) is 9.97 Å². The lowest BCUT2D eigenvalue weighted by molar-refractivity contribution is 0.181. The number of methoxy groups -OCH3 is 1. The Hall–Kier alpha value is -1.46. The van der Waals surface area contributed by atoms with Crippen LogP contribution in [0.15, 0.2) is 22.9 Å². The Morgan fingerprint density at radius 3 is 2.94 bits per heavy atom. The van der Waals surface area contributed by atoms with Crippen molar-refractivity contribution in [3.05, 3.63) is 28.6 Å². The highest BCUT2D eigenvalue weighted by Crippen LogP contribution is 2.20. The molecule has 2 aromatic rings. The zero-order chi connectivity index (χ0) is 12.8. The summed E-state index contributed by atoms with van der Waals surface area (Å²) in [7, 11) is 1.67. The molecule has 18 heavy (non-hydrogen) atoms. The van der Waals surface area contributed by atoms with Crippen molar-refractivity contribution in [3.8, 4) is 11.4 Å². The molecule has 5 heteroatoms. The van der Waals surface area contributed by atoms with Gasteiger partial charge in [-0.1, -0.05) is 6.92 Å². The van der Waals surface area contributed by atoms with Crippen molar-refractivity contribution in [1.82, 2.24) is 9.97 Å². The van der Waals surface area contributed by atoms with Gasteiger partial charge < -0.3 is 10.1 Å². The first-order chi connectivity index (χ1) is 8.83. The van der Waals surface area contributed by atoms with E-state index in [1.54, 1.807) is 18.4 Å². The monoisotopic (exact) mass is 263 g/mol. The SMILES string of the molecule is CCCNc1cc(COC)nc(-c2ccsc2)n1. The number of rotatable bonds is 6. The van der Waals surface area contributed by atoms with E-state index in [-0.39, 0.29) is 0 Å². The Morgan fingerprint density at radius 1 is 1.39 bits per heavy atom. The molecule has 2 heterocycles. The largest absolute Gasteiger partial charge is 0.378 e. The summed E-state index contributed by atoms with van der Waals surface area (Å²) >= 11 is 1.65. The number of hydrogen-bond acceptors (Lipinski definition) is 5. The molecule has 0 radical (unpaired) electrons. The third-order valence-electron chi connectivity index (χ3n) is 2.41. The van der Waals surface area contributed by atoms with Crippen LogP contribution in [0.2, 0.25) is 0 Å². The molecule has 4 nitrogen and oxygen atoms in total. The lowest BCUT2D eigenvalue weighted by atomic mass is 10.3. The minimum absolute atomic E-state index is 0.500. The molecular weight excluding hydrogens is 246 g/mol. The van der Waals surface area contributed by atoms with Crippen LogP contribution in [0.3, 0.4) is 0 Å².